The maximum atomic E-state index is 14.2. The molecule has 20 heavy (non-hydrogen) atoms. The molecule has 2 rings (SSSR count). The van der Waals surface area contributed by atoms with Crippen molar-refractivity contribution in [2.45, 2.75) is 19.5 Å². The van der Waals surface area contributed by atoms with Crippen LogP contribution in [0.15, 0.2) is 46.9 Å². The lowest BCUT2D eigenvalue weighted by atomic mass is 10.1. The van der Waals surface area contributed by atoms with Gasteiger partial charge < -0.3 is 10.6 Å². The maximum absolute atomic E-state index is 14.2. The Labute approximate surface area is 127 Å². The minimum Gasteiger partial charge on any atom is -0.368 e. The van der Waals surface area contributed by atoms with Crippen LogP contribution in [0.5, 0.6) is 0 Å². The van der Waals surface area contributed by atoms with Gasteiger partial charge in [-0.3, -0.25) is 0 Å². The van der Waals surface area contributed by atoms with Crippen molar-refractivity contribution in [2.75, 3.05) is 11.9 Å². The number of hydrogen-bond acceptors (Lipinski definition) is 2. The smallest absolute Gasteiger partial charge is 0.146 e. The third kappa shape index (κ3) is 3.38. The summed E-state index contributed by atoms with van der Waals surface area (Å²) >= 11 is 3.51. The van der Waals surface area contributed by atoms with E-state index >= 15 is 0 Å². The minimum atomic E-state index is -0.241. The first kappa shape index (κ1) is 15.0. The van der Waals surface area contributed by atoms with Gasteiger partial charge >= 0.3 is 0 Å². The Morgan fingerprint density at radius 3 is 2.55 bits per heavy atom. The van der Waals surface area contributed by atoms with Crippen LogP contribution in [0.3, 0.4) is 0 Å². The van der Waals surface area contributed by atoms with Crippen molar-refractivity contribution in [1.82, 2.24) is 0 Å². The molecule has 0 aliphatic rings. The summed E-state index contributed by atoms with van der Waals surface area (Å²) in [7, 11) is 1.88. The molecule has 0 saturated carbocycles. The zero-order valence-corrected chi connectivity index (χ0v) is 13.2. The van der Waals surface area contributed by atoms with Crippen molar-refractivity contribution in [3.8, 4) is 0 Å². The molecule has 2 aromatic rings. The van der Waals surface area contributed by atoms with E-state index in [4.69, 9.17) is 5.73 Å². The van der Waals surface area contributed by atoms with Crippen LogP contribution in [0.25, 0.3) is 0 Å². The topological polar surface area (TPSA) is 29.3 Å². The number of benzene rings is 2. The fourth-order valence-corrected chi connectivity index (χ4v) is 2.49. The molecule has 2 nitrogen and oxygen atoms in total. The zero-order chi connectivity index (χ0) is 14.7. The fraction of sp³-hybridized carbons (Fsp3) is 0.250. The van der Waals surface area contributed by atoms with Crippen molar-refractivity contribution in [3.63, 3.8) is 0 Å². The van der Waals surface area contributed by atoms with E-state index in [-0.39, 0.29) is 11.9 Å². The molecule has 0 unspecified atom stereocenters. The van der Waals surface area contributed by atoms with E-state index in [0.717, 1.165) is 15.6 Å². The lowest BCUT2D eigenvalue weighted by Gasteiger charge is -2.21. The number of nitrogens with two attached hydrogens (primary N) is 1. The summed E-state index contributed by atoms with van der Waals surface area (Å²) in [6, 6.07) is 13.0. The molecule has 0 fully saturated rings. The molecular weight excluding hydrogens is 319 g/mol. The van der Waals surface area contributed by atoms with E-state index in [1.54, 1.807) is 6.07 Å². The van der Waals surface area contributed by atoms with Gasteiger partial charge in [0.1, 0.15) is 5.82 Å². The van der Waals surface area contributed by atoms with Gasteiger partial charge in [0.05, 0.1) is 5.69 Å². The van der Waals surface area contributed by atoms with Crippen molar-refractivity contribution in [2.24, 2.45) is 5.73 Å². The van der Waals surface area contributed by atoms with E-state index < -0.39 is 0 Å². The average Bonchev–Trinajstić information content (AvgIpc) is 2.41. The van der Waals surface area contributed by atoms with Crippen molar-refractivity contribution >= 4 is 21.6 Å². The summed E-state index contributed by atoms with van der Waals surface area (Å²) in [6.07, 6.45) is 0. The van der Waals surface area contributed by atoms with E-state index in [2.05, 4.69) is 15.9 Å². The summed E-state index contributed by atoms with van der Waals surface area (Å²) in [5.41, 5.74) is 8.26. The lowest BCUT2D eigenvalue weighted by Crippen LogP contribution is -2.18. The van der Waals surface area contributed by atoms with Crippen LogP contribution >= 0.6 is 15.9 Å². The van der Waals surface area contributed by atoms with Crippen LogP contribution in [0.4, 0.5) is 10.1 Å². The molecule has 2 aromatic carbocycles. The number of halogens is 2. The SMILES string of the molecule is C[C@@H](N)c1ccc(N(C)Cc2ccccc2Br)c(F)c1. The van der Waals surface area contributed by atoms with Crippen LogP contribution in [0.2, 0.25) is 0 Å². The normalized spacial score (nSPS) is 12.2. The third-order valence-corrected chi connectivity index (χ3v) is 4.05. The van der Waals surface area contributed by atoms with Gasteiger partial charge in [-0.1, -0.05) is 40.2 Å². The quantitative estimate of drug-likeness (QED) is 0.904. The first-order valence-corrected chi connectivity index (χ1v) is 7.28. The predicted octanol–water partition coefficient (Wildman–Crippen LogP) is 4.24. The Balaban J connectivity index is 2.21. The maximum Gasteiger partial charge on any atom is 0.146 e. The number of anilines is 1. The molecule has 0 saturated heterocycles. The van der Waals surface area contributed by atoms with Gasteiger partial charge in [0.25, 0.3) is 0 Å². The Bertz CT molecular complexity index is 599. The van der Waals surface area contributed by atoms with Crippen LogP contribution in [-0.2, 0) is 6.54 Å². The van der Waals surface area contributed by atoms with Gasteiger partial charge in [0.2, 0.25) is 0 Å². The highest BCUT2D eigenvalue weighted by Gasteiger charge is 2.11. The molecule has 0 bridgehead atoms. The van der Waals surface area contributed by atoms with E-state index in [1.807, 2.05) is 49.2 Å². The van der Waals surface area contributed by atoms with Gasteiger partial charge in [0, 0.05) is 24.1 Å². The van der Waals surface area contributed by atoms with Gasteiger partial charge in [-0.15, -0.1) is 0 Å². The molecule has 0 amide bonds. The van der Waals surface area contributed by atoms with Gasteiger partial charge in [0.15, 0.2) is 0 Å². The van der Waals surface area contributed by atoms with Crippen molar-refractivity contribution in [3.05, 3.63) is 63.9 Å². The standard InChI is InChI=1S/C16H18BrFN2/c1-11(19)12-7-8-16(15(18)9-12)20(2)10-13-5-3-4-6-14(13)17/h3-9,11H,10,19H2,1-2H3/t11-/m1/s1. The van der Waals surface area contributed by atoms with E-state index in [1.165, 1.54) is 6.07 Å². The van der Waals surface area contributed by atoms with Gasteiger partial charge in [-0.2, -0.15) is 0 Å². The summed E-state index contributed by atoms with van der Waals surface area (Å²) in [6.45, 7) is 2.48. The largest absolute Gasteiger partial charge is 0.368 e. The molecule has 0 spiro atoms. The second-order valence-electron chi connectivity index (χ2n) is 4.95. The van der Waals surface area contributed by atoms with Gasteiger partial charge in [-0.05, 0) is 36.2 Å². The molecule has 2 N–H and O–H groups in total. The highest BCUT2D eigenvalue weighted by molar-refractivity contribution is 9.10. The Hall–Kier alpha value is -1.39. The molecule has 4 heteroatoms. The first-order chi connectivity index (χ1) is 9.49. The van der Waals surface area contributed by atoms with Gasteiger partial charge in [-0.25, -0.2) is 4.39 Å². The number of rotatable bonds is 4. The molecule has 106 valence electrons. The summed E-state index contributed by atoms with van der Waals surface area (Å²) < 4.78 is 15.2. The summed E-state index contributed by atoms with van der Waals surface area (Å²) in [4.78, 5) is 1.89. The Kier molecular flexibility index (Phi) is 4.78. The molecule has 1 atom stereocenters. The summed E-state index contributed by atoms with van der Waals surface area (Å²) in [5, 5.41) is 0. The van der Waals surface area contributed by atoms with Crippen molar-refractivity contribution in [1.29, 1.82) is 0 Å². The highest BCUT2D eigenvalue weighted by Crippen LogP contribution is 2.25. The predicted molar refractivity (Wildman–Crippen MR) is 85.3 cm³/mol. The zero-order valence-electron chi connectivity index (χ0n) is 11.6. The van der Waals surface area contributed by atoms with Crippen molar-refractivity contribution < 1.29 is 4.39 Å². The Morgan fingerprint density at radius 1 is 1.25 bits per heavy atom. The van der Waals surface area contributed by atoms with E-state index in [0.29, 0.717) is 12.2 Å². The van der Waals surface area contributed by atoms with Crippen LogP contribution in [0, 0.1) is 5.82 Å². The Morgan fingerprint density at radius 2 is 1.95 bits per heavy atom. The lowest BCUT2D eigenvalue weighted by molar-refractivity contribution is 0.617. The average molecular weight is 337 g/mol. The summed E-state index contributed by atoms with van der Waals surface area (Å²) in [5.74, 6) is -0.241. The second kappa shape index (κ2) is 6.37. The number of nitrogens with zero attached hydrogens (tertiary/aromatic N) is 1. The van der Waals surface area contributed by atoms with Crippen LogP contribution < -0.4 is 10.6 Å². The molecular formula is C16H18BrFN2. The molecule has 0 heterocycles. The monoisotopic (exact) mass is 336 g/mol. The third-order valence-electron chi connectivity index (χ3n) is 3.27. The van der Waals surface area contributed by atoms with Crippen LogP contribution in [0.1, 0.15) is 24.1 Å². The molecule has 0 radical (unpaired) electrons. The van der Waals surface area contributed by atoms with E-state index in [9.17, 15) is 4.39 Å². The molecule has 0 aliphatic heterocycles. The second-order valence-corrected chi connectivity index (χ2v) is 5.80. The number of hydrogen-bond donors (Lipinski definition) is 1. The fourth-order valence-electron chi connectivity index (χ4n) is 2.08. The molecule has 0 aromatic heterocycles. The first-order valence-electron chi connectivity index (χ1n) is 6.48. The molecule has 0 aliphatic carbocycles. The van der Waals surface area contributed by atoms with Crippen LogP contribution in [-0.4, -0.2) is 7.05 Å². The highest BCUT2D eigenvalue weighted by atomic mass is 79.9. The minimum absolute atomic E-state index is 0.160.